The molecule has 2 aromatic rings. The summed E-state index contributed by atoms with van der Waals surface area (Å²) in [7, 11) is 0. The quantitative estimate of drug-likeness (QED) is 0.696. The molecule has 0 saturated heterocycles. The van der Waals surface area contributed by atoms with Crippen LogP contribution in [-0.4, -0.2) is 25.0 Å². The maximum Gasteiger partial charge on any atom is 0.331 e. The number of ether oxygens (including phenoxy) is 1. The molecule has 5 heteroatoms. The molecule has 0 saturated carbocycles. The lowest BCUT2D eigenvalue weighted by molar-refractivity contribution is -0.133. The molecule has 2 aromatic carbocycles. The van der Waals surface area contributed by atoms with Gasteiger partial charge in [0.05, 0.1) is 12.2 Å². The predicted octanol–water partition coefficient (Wildman–Crippen LogP) is 2.98. The van der Waals surface area contributed by atoms with Crippen LogP contribution in [0.25, 0.3) is 0 Å². The molecule has 0 aliphatic carbocycles. The Balaban J connectivity index is 1.76. The summed E-state index contributed by atoms with van der Waals surface area (Å²) in [5.41, 5.74) is 4.71. The van der Waals surface area contributed by atoms with Crippen molar-refractivity contribution in [3.05, 3.63) is 53.1 Å². The minimum absolute atomic E-state index is 0.0658. The van der Waals surface area contributed by atoms with Crippen molar-refractivity contribution < 1.29 is 14.3 Å². The monoisotopic (exact) mass is 324 g/mol. The molecule has 24 heavy (non-hydrogen) atoms. The van der Waals surface area contributed by atoms with E-state index in [4.69, 9.17) is 4.74 Å². The smallest absolute Gasteiger partial charge is 0.331 e. The fourth-order valence-electron chi connectivity index (χ4n) is 2.82. The summed E-state index contributed by atoms with van der Waals surface area (Å²) in [4.78, 5) is 25.9. The first-order valence-corrected chi connectivity index (χ1v) is 7.86. The molecule has 1 aliphatic heterocycles. The summed E-state index contributed by atoms with van der Waals surface area (Å²) in [6.07, 6.45) is 0. The Morgan fingerprint density at radius 3 is 2.58 bits per heavy atom. The number of nitrogens with one attached hydrogen (secondary N) is 1. The van der Waals surface area contributed by atoms with E-state index in [1.165, 1.54) is 0 Å². The number of hydrogen-bond acceptors (Lipinski definition) is 4. The zero-order valence-corrected chi connectivity index (χ0v) is 14.1. The number of rotatable bonds is 3. The fraction of sp³-hybridized carbons (Fsp3) is 0.263. The molecule has 1 amide bonds. The molecule has 0 spiro atoms. The molecule has 1 heterocycles. The maximum absolute atomic E-state index is 12.4. The van der Waals surface area contributed by atoms with Crippen LogP contribution in [0.4, 0.5) is 11.4 Å². The number of esters is 1. The number of fused-ring (bicyclic) bond motifs is 1. The molecule has 1 aliphatic rings. The largest absolute Gasteiger partial charge is 0.423 e. The lowest BCUT2D eigenvalue weighted by Crippen LogP contribution is -2.41. The molecule has 0 fully saturated rings. The van der Waals surface area contributed by atoms with Crippen LogP contribution in [0.3, 0.4) is 0 Å². The van der Waals surface area contributed by atoms with Gasteiger partial charge in [-0.15, -0.1) is 0 Å². The summed E-state index contributed by atoms with van der Waals surface area (Å²) in [5.74, 6) is -0.0128. The van der Waals surface area contributed by atoms with E-state index < -0.39 is 0 Å². The van der Waals surface area contributed by atoms with Crippen LogP contribution in [-0.2, 0) is 9.59 Å². The van der Waals surface area contributed by atoms with Crippen molar-refractivity contribution in [3.8, 4) is 5.75 Å². The van der Waals surface area contributed by atoms with Gasteiger partial charge in [0.25, 0.3) is 0 Å². The van der Waals surface area contributed by atoms with Gasteiger partial charge in [0.15, 0.2) is 5.75 Å². The Labute approximate surface area is 141 Å². The molecule has 0 aromatic heterocycles. The Bertz CT molecular complexity index is 814. The number of anilines is 2. The zero-order valence-electron chi connectivity index (χ0n) is 14.1. The highest BCUT2D eigenvalue weighted by Gasteiger charge is 2.25. The third-order valence-corrected chi connectivity index (χ3v) is 3.99. The van der Waals surface area contributed by atoms with Crippen LogP contribution in [0.5, 0.6) is 5.75 Å². The standard InChI is InChI=1S/C19H20N2O3/c1-12-4-6-15(14(3)8-12)20-18(22)10-21-11-19(23)24-17-9-13(2)5-7-16(17)21/h4-9H,10-11H2,1-3H3,(H,20,22). The highest BCUT2D eigenvalue weighted by molar-refractivity contribution is 5.96. The molecular weight excluding hydrogens is 304 g/mol. The highest BCUT2D eigenvalue weighted by atomic mass is 16.5. The van der Waals surface area contributed by atoms with Crippen molar-refractivity contribution in [2.75, 3.05) is 23.3 Å². The Hall–Kier alpha value is -2.82. The summed E-state index contributed by atoms with van der Waals surface area (Å²) in [5, 5.41) is 2.91. The molecule has 0 unspecified atom stereocenters. The average molecular weight is 324 g/mol. The molecular formula is C19H20N2O3. The first-order valence-electron chi connectivity index (χ1n) is 7.86. The van der Waals surface area contributed by atoms with Crippen molar-refractivity contribution in [2.24, 2.45) is 0 Å². The number of aryl methyl sites for hydroxylation is 3. The fourth-order valence-corrected chi connectivity index (χ4v) is 2.82. The van der Waals surface area contributed by atoms with Gasteiger partial charge in [-0.3, -0.25) is 4.79 Å². The first-order chi connectivity index (χ1) is 11.4. The van der Waals surface area contributed by atoms with Crippen molar-refractivity contribution in [1.29, 1.82) is 0 Å². The van der Waals surface area contributed by atoms with Gasteiger partial charge in [0.1, 0.15) is 6.54 Å². The Kier molecular flexibility index (Phi) is 4.25. The molecule has 0 bridgehead atoms. The lowest BCUT2D eigenvalue weighted by Gasteiger charge is -2.29. The summed E-state index contributed by atoms with van der Waals surface area (Å²) in [6.45, 7) is 6.06. The SMILES string of the molecule is Cc1ccc(NC(=O)CN2CC(=O)Oc3cc(C)ccc32)c(C)c1. The second kappa shape index (κ2) is 6.35. The van der Waals surface area contributed by atoms with E-state index in [9.17, 15) is 9.59 Å². The lowest BCUT2D eigenvalue weighted by atomic mass is 10.1. The second-order valence-electron chi connectivity index (χ2n) is 6.17. The van der Waals surface area contributed by atoms with Crippen molar-refractivity contribution in [3.63, 3.8) is 0 Å². The van der Waals surface area contributed by atoms with Crippen LogP contribution < -0.4 is 15.0 Å². The van der Waals surface area contributed by atoms with Gasteiger partial charge in [0, 0.05) is 5.69 Å². The molecule has 1 N–H and O–H groups in total. The van der Waals surface area contributed by atoms with Gasteiger partial charge in [-0.05, 0) is 50.1 Å². The van der Waals surface area contributed by atoms with E-state index >= 15 is 0 Å². The second-order valence-corrected chi connectivity index (χ2v) is 6.17. The van der Waals surface area contributed by atoms with E-state index in [1.54, 1.807) is 11.0 Å². The van der Waals surface area contributed by atoms with Crippen molar-refractivity contribution >= 4 is 23.3 Å². The average Bonchev–Trinajstić information content (AvgIpc) is 2.49. The number of benzene rings is 2. The number of nitrogens with zero attached hydrogens (tertiary/aromatic N) is 1. The van der Waals surface area contributed by atoms with Gasteiger partial charge in [-0.1, -0.05) is 23.8 Å². The van der Waals surface area contributed by atoms with Gasteiger partial charge < -0.3 is 15.0 Å². The van der Waals surface area contributed by atoms with Crippen molar-refractivity contribution in [1.82, 2.24) is 0 Å². The highest BCUT2D eigenvalue weighted by Crippen LogP contribution is 2.32. The van der Waals surface area contributed by atoms with E-state index in [1.807, 2.05) is 51.1 Å². The van der Waals surface area contributed by atoms with Crippen LogP contribution in [0, 0.1) is 20.8 Å². The first kappa shape index (κ1) is 16.1. The van der Waals surface area contributed by atoms with Gasteiger partial charge >= 0.3 is 5.97 Å². The Morgan fingerprint density at radius 1 is 1.12 bits per heavy atom. The Morgan fingerprint density at radius 2 is 1.83 bits per heavy atom. The predicted molar refractivity (Wildman–Crippen MR) is 93.6 cm³/mol. The van der Waals surface area contributed by atoms with Gasteiger partial charge in [-0.2, -0.15) is 0 Å². The molecule has 0 atom stereocenters. The van der Waals surface area contributed by atoms with Crippen LogP contribution in [0.2, 0.25) is 0 Å². The van der Waals surface area contributed by atoms with E-state index in [-0.39, 0.29) is 25.0 Å². The maximum atomic E-state index is 12.4. The molecule has 0 radical (unpaired) electrons. The van der Waals surface area contributed by atoms with Gasteiger partial charge in [0.2, 0.25) is 5.91 Å². The van der Waals surface area contributed by atoms with Crippen LogP contribution in [0.1, 0.15) is 16.7 Å². The normalized spacial score (nSPS) is 13.3. The zero-order chi connectivity index (χ0) is 17.3. The van der Waals surface area contributed by atoms with E-state index in [0.29, 0.717) is 5.75 Å². The number of carbonyl (C=O) groups excluding carboxylic acids is 2. The van der Waals surface area contributed by atoms with E-state index in [2.05, 4.69) is 5.32 Å². The molecule has 124 valence electrons. The minimum Gasteiger partial charge on any atom is -0.423 e. The third-order valence-electron chi connectivity index (χ3n) is 3.99. The number of amides is 1. The summed E-state index contributed by atoms with van der Waals surface area (Å²) < 4.78 is 5.26. The molecule has 5 nitrogen and oxygen atoms in total. The van der Waals surface area contributed by atoms with Crippen LogP contribution in [0.15, 0.2) is 36.4 Å². The minimum atomic E-state index is -0.354. The van der Waals surface area contributed by atoms with Crippen LogP contribution >= 0.6 is 0 Å². The summed E-state index contributed by atoms with van der Waals surface area (Å²) >= 11 is 0. The van der Waals surface area contributed by atoms with Gasteiger partial charge in [-0.25, -0.2) is 4.79 Å². The number of carbonyl (C=O) groups is 2. The topological polar surface area (TPSA) is 58.6 Å². The van der Waals surface area contributed by atoms with Crippen molar-refractivity contribution in [2.45, 2.75) is 20.8 Å². The summed E-state index contributed by atoms with van der Waals surface area (Å²) in [6, 6.07) is 11.5. The van der Waals surface area contributed by atoms with E-state index in [0.717, 1.165) is 28.1 Å². The molecule has 3 rings (SSSR count). The third kappa shape index (κ3) is 3.40. The number of hydrogen-bond donors (Lipinski definition) is 1.